The second-order valence-corrected chi connectivity index (χ2v) is 9.14. The number of ether oxygens (including phenoxy) is 2. The van der Waals surface area contributed by atoms with E-state index in [0.29, 0.717) is 6.61 Å². The molecule has 1 heterocycles. The molecule has 0 spiro atoms. The summed E-state index contributed by atoms with van der Waals surface area (Å²) in [6.07, 6.45) is 21.8. The molecule has 3 N–H and O–H groups in total. The number of hydrogen-bond donors (Lipinski definition) is 3. The van der Waals surface area contributed by atoms with Crippen molar-refractivity contribution in [2.45, 2.75) is 134 Å². The topological polar surface area (TPSA) is 79.2 Å². The van der Waals surface area contributed by atoms with Crippen molar-refractivity contribution in [3.63, 3.8) is 0 Å². The van der Waals surface area contributed by atoms with E-state index in [-0.39, 0.29) is 13.2 Å². The van der Waals surface area contributed by atoms with Gasteiger partial charge in [0.1, 0.15) is 24.4 Å². The minimum absolute atomic E-state index is 0.0406. The lowest BCUT2D eigenvalue weighted by molar-refractivity contribution is -0.199. The quantitative estimate of drug-likeness (QED) is 0.176. The predicted molar refractivity (Wildman–Crippen MR) is 127 cm³/mol. The molecule has 0 unspecified atom stereocenters. The summed E-state index contributed by atoms with van der Waals surface area (Å²) in [7, 11) is 0. The second-order valence-electron chi connectivity index (χ2n) is 9.14. The zero-order valence-corrected chi connectivity index (χ0v) is 20.1. The van der Waals surface area contributed by atoms with E-state index in [1.165, 1.54) is 89.9 Å². The Kier molecular flexibility index (Phi) is 18.6. The first-order chi connectivity index (χ1) is 15.2. The average molecular weight is 443 g/mol. The SMILES string of the molecule is CCCCCCCCCCCC/C=C/CCCCCCOC[C@@H]1OC[C@@H](O)[C@H](O)[C@H]1O. The van der Waals surface area contributed by atoms with Gasteiger partial charge in [-0.1, -0.05) is 89.7 Å². The van der Waals surface area contributed by atoms with Crippen LogP contribution in [0.4, 0.5) is 0 Å². The molecule has 0 bridgehead atoms. The molecule has 1 aliphatic rings. The molecule has 0 saturated carbocycles. The molecule has 1 saturated heterocycles. The maximum absolute atomic E-state index is 9.85. The Morgan fingerprint density at radius 2 is 1.23 bits per heavy atom. The van der Waals surface area contributed by atoms with Crippen LogP contribution < -0.4 is 0 Å². The normalized spacial score (nSPS) is 24.3. The van der Waals surface area contributed by atoms with E-state index in [1.807, 2.05) is 0 Å². The van der Waals surface area contributed by atoms with Crippen molar-refractivity contribution >= 4 is 0 Å². The molecule has 184 valence electrons. The molecule has 0 radical (unpaired) electrons. The van der Waals surface area contributed by atoms with Crippen LogP contribution in [-0.4, -0.2) is 59.6 Å². The fraction of sp³-hybridized carbons (Fsp3) is 0.923. The fourth-order valence-corrected chi connectivity index (χ4v) is 4.02. The standard InChI is InChI=1S/C26H50O5/c1-2-3-4-5-6-7-8-9-10-11-12-13-14-15-16-17-18-19-20-30-22-24-26(29)25(28)23(27)21-31-24/h13-14,23-29H,2-12,15-22H2,1H3/b14-13+/t23-,24+,25+,26+/m1/s1. The highest BCUT2D eigenvalue weighted by Crippen LogP contribution is 2.16. The highest BCUT2D eigenvalue weighted by Gasteiger charge is 2.37. The van der Waals surface area contributed by atoms with Crippen LogP contribution in [0.2, 0.25) is 0 Å². The van der Waals surface area contributed by atoms with Crippen molar-refractivity contribution in [3.05, 3.63) is 12.2 Å². The molecular weight excluding hydrogens is 392 g/mol. The van der Waals surface area contributed by atoms with Gasteiger partial charge in [-0.3, -0.25) is 0 Å². The zero-order valence-electron chi connectivity index (χ0n) is 20.1. The smallest absolute Gasteiger partial charge is 0.111 e. The molecule has 0 aromatic rings. The van der Waals surface area contributed by atoms with Gasteiger partial charge in [0.15, 0.2) is 0 Å². The Hall–Kier alpha value is -0.460. The summed E-state index contributed by atoms with van der Waals surface area (Å²) in [5.41, 5.74) is 0. The van der Waals surface area contributed by atoms with Gasteiger partial charge in [0.05, 0.1) is 13.2 Å². The summed E-state index contributed by atoms with van der Waals surface area (Å²) >= 11 is 0. The molecular formula is C26H50O5. The predicted octanol–water partition coefficient (Wildman–Crippen LogP) is 5.30. The number of aliphatic hydroxyl groups is 3. The van der Waals surface area contributed by atoms with Crippen LogP contribution in [0.1, 0.15) is 110 Å². The minimum Gasteiger partial charge on any atom is -0.388 e. The van der Waals surface area contributed by atoms with E-state index in [0.717, 1.165) is 12.8 Å². The maximum Gasteiger partial charge on any atom is 0.111 e. The van der Waals surface area contributed by atoms with E-state index in [4.69, 9.17) is 9.47 Å². The third kappa shape index (κ3) is 15.1. The average Bonchev–Trinajstić information content (AvgIpc) is 2.77. The van der Waals surface area contributed by atoms with Gasteiger partial charge < -0.3 is 24.8 Å². The molecule has 0 aromatic heterocycles. The summed E-state index contributed by atoms with van der Waals surface area (Å²) in [5, 5.41) is 28.9. The Labute approximate surface area is 191 Å². The van der Waals surface area contributed by atoms with E-state index in [2.05, 4.69) is 19.1 Å². The third-order valence-corrected chi connectivity index (χ3v) is 6.19. The number of allylic oxidation sites excluding steroid dienone is 2. The molecule has 4 atom stereocenters. The zero-order chi connectivity index (χ0) is 22.6. The number of rotatable bonds is 20. The first-order valence-electron chi connectivity index (χ1n) is 13.0. The summed E-state index contributed by atoms with van der Waals surface area (Å²) < 4.78 is 10.9. The van der Waals surface area contributed by atoms with Crippen molar-refractivity contribution in [1.82, 2.24) is 0 Å². The van der Waals surface area contributed by atoms with Crippen LogP contribution in [0.5, 0.6) is 0 Å². The highest BCUT2D eigenvalue weighted by molar-refractivity contribution is 4.86. The van der Waals surface area contributed by atoms with Gasteiger partial charge >= 0.3 is 0 Å². The fourth-order valence-electron chi connectivity index (χ4n) is 4.02. The molecule has 5 heteroatoms. The Bertz CT molecular complexity index is 415. The lowest BCUT2D eigenvalue weighted by atomic mass is 10.0. The molecule has 31 heavy (non-hydrogen) atoms. The van der Waals surface area contributed by atoms with Gasteiger partial charge in [-0.05, 0) is 32.1 Å². The van der Waals surface area contributed by atoms with Crippen LogP contribution in [0.15, 0.2) is 12.2 Å². The van der Waals surface area contributed by atoms with Crippen LogP contribution >= 0.6 is 0 Å². The van der Waals surface area contributed by atoms with Crippen LogP contribution in [0.3, 0.4) is 0 Å². The lowest BCUT2D eigenvalue weighted by Crippen LogP contribution is -2.54. The van der Waals surface area contributed by atoms with Gasteiger partial charge in [-0.15, -0.1) is 0 Å². The van der Waals surface area contributed by atoms with Gasteiger partial charge in [0.2, 0.25) is 0 Å². The molecule has 0 amide bonds. The van der Waals surface area contributed by atoms with Gasteiger partial charge in [0, 0.05) is 6.61 Å². The van der Waals surface area contributed by atoms with Crippen molar-refractivity contribution < 1.29 is 24.8 Å². The lowest BCUT2D eigenvalue weighted by Gasteiger charge is -2.35. The van der Waals surface area contributed by atoms with E-state index in [9.17, 15) is 15.3 Å². The van der Waals surface area contributed by atoms with Crippen molar-refractivity contribution in [3.8, 4) is 0 Å². The Balaban J connectivity index is 1.78. The summed E-state index contributed by atoms with van der Waals surface area (Å²) in [6.45, 7) is 3.21. The van der Waals surface area contributed by atoms with E-state index < -0.39 is 24.4 Å². The van der Waals surface area contributed by atoms with Crippen LogP contribution in [-0.2, 0) is 9.47 Å². The highest BCUT2D eigenvalue weighted by atomic mass is 16.6. The molecule has 1 rings (SSSR count). The molecule has 0 aromatic carbocycles. The number of hydrogen-bond acceptors (Lipinski definition) is 5. The molecule has 0 aliphatic carbocycles. The monoisotopic (exact) mass is 442 g/mol. The van der Waals surface area contributed by atoms with Crippen molar-refractivity contribution in [2.24, 2.45) is 0 Å². The molecule has 1 aliphatic heterocycles. The van der Waals surface area contributed by atoms with Gasteiger partial charge in [-0.25, -0.2) is 0 Å². The Morgan fingerprint density at radius 1 is 0.710 bits per heavy atom. The number of unbranched alkanes of at least 4 members (excludes halogenated alkanes) is 14. The summed E-state index contributed by atoms with van der Waals surface area (Å²) in [5.74, 6) is 0. The summed E-state index contributed by atoms with van der Waals surface area (Å²) in [4.78, 5) is 0. The van der Waals surface area contributed by atoms with Crippen molar-refractivity contribution in [1.29, 1.82) is 0 Å². The first-order valence-corrected chi connectivity index (χ1v) is 13.0. The van der Waals surface area contributed by atoms with Crippen LogP contribution in [0, 0.1) is 0 Å². The van der Waals surface area contributed by atoms with E-state index >= 15 is 0 Å². The largest absolute Gasteiger partial charge is 0.388 e. The van der Waals surface area contributed by atoms with E-state index in [1.54, 1.807) is 0 Å². The minimum atomic E-state index is -1.15. The Morgan fingerprint density at radius 3 is 1.81 bits per heavy atom. The van der Waals surface area contributed by atoms with Gasteiger partial charge in [0.25, 0.3) is 0 Å². The molecule has 1 fully saturated rings. The number of aliphatic hydroxyl groups excluding tert-OH is 3. The summed E-state index contributed by atoms with van der Waals surface area (Å²) in [6, 6.07) is 0. The van der Waals surface area contributed by atoms with Crippen LogP contribution in [0.25, 0.3) is 0 Å². The molecule has 5 nitrogen and oxygen atoms in total. The van der Waals surface area contributed by atoms with Gasteiger partial charge in [-0.2, -0.15) is 0 Å². The first kappa shape index (κ1) is 28.6. The van der Waals surface area contributed by atoms with Crippen molar-refractivity contribution in [2.75, 3.05) is 19.8 Å². The maximum atomic E-state index is 9.85. The third-order valence-electron chi connectivity index (χ3n) is 6.19. The second kappa shape index (κ2) is 20.2.